The molecule has 0 unspecified atom stereocenters. The predicted octanol–water partition coefficient (Wildman–Crippen LogP) is 0.214. The van der Waals surface area contributed by atoms with Crippen molar-refractivity contribution < 1.29 is 4.48 Å². The molecule has 1 nitrogen and oxygen atoms in total. The van der Waals surface area contributed by atoms with Crippen LogP contribution in [0.1, 0.15) is 5.69 Å². The van der Waals surface area contributed by atoms with Gasteiger partial charge in [0.15, 0.2) is 5.69 Å². The fourth-order valence-corrected chi connectivity index (χ4v) is 0.541. The summed E-state index contributed by atoms with van der Waals surface area (Å²) in [6.45, 7) is 1.96. The smallest absolute Gasteiger partial charge is 0.290 e. The Morgan fingerprint density at radius 2 is 2.25 bits per heavy atom. The van der Waals surface area contributed by atoms with Crippen molar-refractivity contribution in [3.8, 4) is 0 Å². The van der Waals surface area contributed by atoms with E-state index in [-0.39, 0.29) is 0 Å². The van der Waals surface area contributed by atoms with Crippen LogP contribution >= 0.6 is 0 Å². The van der Waals surface area contributed by atoms with Crippen LogP contribution in [0.3, 0.4) is 0 Å². The van der Waals surface area contributed by atoms with Gasteiger partial charge in [0.1, 0.15) is 6.20 Å². The van der Waals surface area contributed by atoms with Gasteiger partial charge in [0.25, 0.3) is 0 Å². The van der Waals surface area contributed by atoms with E-state index in [1.165, 1.54) is 0 Å². The maximum absolute atomic E-state index is 5.44. The first kappa shape index (κ1) is 5.35. The molecule has 1 rings (SSSR count). The number of aryl methyl sites for hydroxylation is 1. The summed E-state index contributed by atoms with van der Waals surface area (Å²) in [5, 5.41) is 0. The van der Waals surface area contributed by atoms with Gasteiger partial charge in [-0.3, -0.25) is 4.48 Å². The fraction of sp³-hybridized carbons (Fsp3) is 0.167. The first-order valence-electron chi connectivity index (χ1n) is 2.53. The summed E-state index contributed by atoms with van der Waals surface area (Å²) in [5.74, 6) is 0. The summed E-state index contributed by atoms with van der Waals surface area (Å²) >= 11 is 0. The highest BCUT2D eigenvalue weighted by Crippen LogP contribution is 1.83. The molecule has 0 fully saturated rings. The van der Waals surface area contributed by atoms with E-state index in [4.69, 9.17) is 7.98 Å². The molecule has 38 valence electrons. The zero-order chi connectivity index (χ0) is 5.98. The zero-order valence-corrected chi connectivity index (χ0v) is 4.83. The molecule has 1 heterocycles. The normalized spacial score (nSPS) is 9.12. The molecule has 2 heteroatoms. The van der Waals surface area contributed by atoms with Gasteiger partial charge in [0.05, 0.1) is 0 Å². The average molecular weight is 104 g/mol. The Bertz CT molecular complexity index is 165. The molecule has 0 spiro atoms. The summed E-state index contributed by atoms with van der Waals surface area (Å²) in [7, 11) is 5.44. The van der Waals surface area contributed by atoms with E-state index in [1.54, 1.807) is 4.48 Å². The summed E-state index contributed by atoms with van der Waals surface area (Å²) in [5.41, 5.74) is 1.06. The van der Waals surface area contributed by atoms with Gasteiger partial charge >= 0.3 is 7.98 Å². The van der Waals surface area contributed by atoms with Crippen LogP contribution < -0.4 is 4.48 Å². The number of pyridine rings is 1. The van der Waals surface area contributed by atoms with Crippen molar-refractivity contribution in [3.05, 3.63) is 30.1 Å². The van der Waals surface area contributed by atoms with E-state index < -0.39 is 0 Å². The van der Waals surface area contributed by atoms with Crippen LogP contribution in [0.25, 0.3) is 0 Å². The van der Waals surface area contributed by atoms with Crippen LogP contribution in [-0.4, -0.2) is 7.98 Å². The number of hydrogen-bond donors (Lipinski definition) is 0. The van der Waals surface area contributed by atoms with Crippen molar-refractivity contribution in [1.82, 2.24) is 0 Å². The van der Waals surface area contributed by atoms with E-state index in [1.807, 2.05) is 31.3 Å². The highest BCUT2D eigenvalue weighted by molar-refractivity contribution is 5.94. The molecule has 0 aromatic carbocycles. The van der Waals surface area contributed by atoms with Crippen molar-refractivity contribution in [2.45, 2.75) is 6.92 Å². The molecular weight excluding hydrogens is 96.9 g/mol. The molecule has 0 aliphatic rings. The van der Waals surface area contributed by atoms with Crippen molar-refractivity contribution in [2.24, 2.45) is 0 Å². The van der Waals surface area contributed by atoms with E-state index >= 15 is 0 Å². The minimum Gasteiger partial charge on any atom is -0.290 e. The van der Waals surface area contributed by atoms with Crippen molar-refractivity contribution in [1.29, 1.82) is 0 Å². The van der Waals surface area contributed by atoms with Crippen LogP contribution in [0.5, 0.6) is 0 Å². The standard InChI is InChI=1S/C6H7BN/c1-6-4-2-3-5-8(6)7/h2-5H,1H3/q+1. The van der Waals surface area contributed by atoms with Crippen LogP contribution in [0.15, 0.2) is 24.4 Å². The Morgan fingerprint density at radius 3 is 2.62 bits per heavy atom. The lowest BCUT2D eigenvalue weighted by Gasteiger charge is -1.87. The summed E-state index contributed by atoms with van der Waals surface area (Å²) in [6.07, 6.45) is 1.81. The lowest BCUT2D eigenvalue weighted by atomic mass is 10.3. The lowest BCUT2D eigenvalue weighted by molar-refractivity contribution is -0.529. The van der Waals surface area contributed by atoms with Crippen molar-refractivity contribution in [2.75, 3.05) is 0 Å². The monoisotopic (exact) mass is 104 g/mol. The number of hydrogen-bond acceptors (Lipinski definition) is 0. The minimum atomic E-state index is 1.06. The van der Waals surface area contributed by atoms with E-state index in [0.717, 1.165) is 5.69 Å². The van der Waals surface area contributed by atoms with Gasteiger partial charge in [0, 0.05) is 13.0 Å². The van der Waals surface area contributed by atoms with Gasteiger partial charge in [0.2, 0.25) is 0 Å². The lowest BCUT2D eigenvalue weighted by Crippen LogP contribution is -2.33. The van der Waals surface area contributed by atoms with Crippen LogP contribution in [0, 0.1) is 6.92 Å². The molecule has 0 saturated heterocycles. The minimum absolute atomic E-state index is 1.06. The summed E-state index contributed by atoms with van der Waals surface area (Å²) < 4.78 is 1.58. The SMILES string of the molecule is [B][n+]1ccccc1C. The first-order valence-corrected chi connectivity index (χ1v) is 2.53. The van der Waals surface area contributed by atoms with Gasteiger partial charge in [-0.1, -0.05) is 6.07 Å². The molecular formula is C6H7BN+. The topological polar surface area (TPSA) is 3.88 Å². The maximum Gasteiger partial charge on any atom is 0.586 e. The Morgan fingerprint density at radius 1 is 1.50 bits per heavy atom. The highest BCUT2D eigenvalue weighted by atomic mass is 14.8. The van der Waals surface area contributed by atoms with Gasteiger partial charge < -0.3 is 0 Å². The second-order valence-electron chi connectivity index (χ2n) is 1.75. The Balaban J connectivity index is 3.13. The van der Waals surface area contributed by atoms with Gasteiger partial charge in [-0.15, -0.1) is 0 Å². The number of aromatic nitrogens is 1. The van der Waals surface area contributed by atoms with E-state index in [2.05, 4.69) is 0 Å². The fourth-order valence-electron chi connectivity index (χ4n) is 0.541. The molecule has 0 N–H and O–H groups in total. The molecule has 0 amide bonds. The van der Waals surface area contributed by atoms with Gasteiger partial charge in [-0.25, -0.2) is 0 Å². The van der Waals surface area contributed by atoms with Gasteiger partial charge in [-0.2, -0.15) is 0 Å². The Hall–Kier alpha value is -0.785. The summed E-state index contributed by atoms with van der Waals surface area (Å²) in [4.78, 5) is 0. The van der Waals surface area contributed by atoms with Gasteiger partial charge in [-0.05, 0) is 6.07 Å². The Kier molecular flexibility index (Phi) is 1.33. The molecule has 0 aliphatic heterocycles. The third kappa shape index (κ3) is 0.888. The van der Waals surface area contributed by atoms with Crippen molar-refractivity contribution >= 4 is 7.98 Å². The van der Waals surface area contributed by atoms with Crippen LogP contribution in [0.2, 0.25) is 0 Å². The number of rotatable bonds is 0. The molecule has 8 heavy (non-hydrogen) atoms. The van der Waals surface area contributed by atoms with E-state index in [9.17, 15) is 0 Å². The largest absolute Gasteiger partial charge is 0.586 e. The van der Waals surface area contributed by atoms with Crippen LogP contribution in [-0.2, 0) is 0 Å². The second kappa shape index (κ2) is 1.99. The van der Waals surface area contributed by atoms with Crippen molar-refractivity contribution in [3.63, 3.8) is 0 Å². The second-order valence-corrected chi connectivity index (χ2v) is 1.75. The molecule has 0 atom stereocenters. The zero-order valence-electron chi connectivity index (χ0n) is 4.83. The van der Waals surface area contributed by atoms with Crippen LogP contribution in [0.4, 0.5) is 0 Å². The number of nitrogens with zero attached hydrogens (tertiary/aromatic N) is 1. The molecule has 1 aromatic heterocycles. The third-order valence-electron chi connectivity index (χ3n) is 1.10. The quantitative estimate of drug-likeness (QED) is 0.414. The predicted molar refractivity (Wildman–Crippen MR) is 32.5 cm³/mol. The average Bonchev–Trinajstić information content (AvgIpc) is 1.77. The maximum atomic E-state index is 5.44. The van der Waals surface area contributed by atoms with E-state index in [0.29, 0.717) is 0 Å². The summed E-state index contributed by atoms with van der Waals surface area (Å²) in [6, 6.07) is 5.81. The molecule has 0 aliphatic carbocycles. The molecule has 1 aromatic rings. The molecule has 2 radical (unpaired) electrons. The molecule has 0 saturated carbocycles. The highest BCUT2D eigenvalue weighted by Gasteiger charge is 1.92. The first-order chi connectivity index (χ1) is 3.80. The Labute approximate surface area is 50.4 Å². The molecule has 0 bridgehead atoms. The third-order valence-corrected chi connectivity index (χ3v) is 1.10.